The van der Waals surface area contributed by atoms with E-state index < -0.39 is 0 Å². The van der Waals surface area contributed by atoms with Crippen molar-refractivity contribution in [3.05, 3.63) is 44.6 Å². The first-order valence-electron chi connectivity index (χ1n) is 5.79. The Kier molecular flexibility index (Phi) is 3.83. The van der Waals surface area contributed by atoms with Gasteiger partial charge in [0.2, 0.25) is 0 Å². The summed E-state index contributed by atoms with van der Waals surface area (Å²) in [5, 5.41) is 6.17. The molecule has 0 unspecified atom stereocenters. The van der Waals surface area contributed by atoms with E-state index in [2.05, 4.69) is 49.8 Å². The van der Waals surface area contributed by atoms with Crippen LogP contribution in [0.3, 0.4) is 0 Å². The van der Waals surface area contributed by atoms with Crippen molar-refractivity contribution in [1.82, 2.24) is 10.3 Å². The molecule has 0 aliphatic heterocycles. The lowest BCUT2D eigenvalue weighted by molar-refractivity contribution is 0.701. The van der Waals surface area contributed by atoms with Gasteiger partial charge in [-0.2, -0.15) is 0 Å². The molecular formula is C13H12BrN3S2. The van der Waals surface area contributed by atoms with E-state index in [0.29, 0.717) is 5.13 Å². The molecule has 2 heterocycles. The highest BCUT2D eigenvalue weighted by Gasteiger charge is 2.02. The van der Waals surface area contributed by atoms with Crippen molar-refractivity contribution in [3.8, 4) is 0 Å². The highest BCUT2D eigenvalue weighted by atomic mass is 79.9. The van der Waals surface area contributed by atoms with E-state index in [1.165, 1.54) is 21.8 Å². The standard InChI is InChI=1S/C13H12BrN3S2/c14-9-4-10(18-7-9)6-16-5-8-1-2-11-12(3-8)19-13(15)17-11/h1-4,7,16H,5-6H2,(H2,15,17). The summed E-state index contributed by atoms with van der Waals surface area (Å²) in [5.74, 6) is 0. The Morgan fingerprint density at radius 1 is 1.26 bits per heavy atom. The minimum absolute atomic E-state index is 0.628. The maximum absolute atomic E-state index is 5.71. The van der Waals surface area contributed by atoms with Gasteiger partial charge in [-0.1, -0.05) is 17.4 Å². The van der Waals surface area contributed by atoms with Crippen molar-refractivity contribution < 1.29 is 0 Å². The van der Waals surface area contributed by atoms with Crippen molar-refractivity contribution in [2.24, 2.45) is 0 Å². The normalized spacial score (nSPS) is 11.2. The average Bonchev–Trinajstić information content (AvgIpc) is 2.94. The summed E-state index contributed by atoms with van der Waals surface area (Å²) in [4.78, 5) is 5.59. The average molecular weight is 354 g/mol. The molecule has 0 fully saturated rings. The molecule has 0 spiro atoms. The molecule has 1 aromatic carbocycles. The van der Waals surface area contributed by atoms with Gasteiger partial charge in [0.15, 0.2) is 5.13 Å². The Labute approximate surface area is 127 Å². The van der Waals surface area contributed by atoms with Crippen LogP contribution in [-0.4, -0.2) is 4.98 Å². The molecule has 0 bridgehead atoms. The molecule has 0 aliphatic rings. The first-order chi connectivity index (χ1) is 9.20. The number of nitrogens with two attached hydrogens (primary N) is 1. The maximum Gasteiger partial charge on any atom is 0.181 e. The van der Waals surface area contributed by atoms with Crippen LogP contribution < -0.4 is 11.1 Å². The number of nitrogens with one attached hydrogen (secondary N) is 1. The fraction of sp³-hybridized carbons (Fsp3) is 0.154. The van der Waals surface area contributed by atoms with Crippen LogP contribution in [0.1, 0.15) is 10.4 Å². The van der Waals surface area contributed by atoms with Gasteiger partial charge in [-0.3, -0.25) is 0 Å². The van der Waals surface area contributed by atoms with Gasteiger partial charge in [-0.15, -0.1) is 11.3 Å². The summed E-state index contributed by atoms with van der Waals surface area (Å²) in [6.07, 6.45) is 0. The molecule has 98 valence electrons. The fourth-order valence-corrected chi connectivity index (χ4v) is 4.09. The molecule has 0 saturated heterocycles. The molecule has 3 N–H and O–H groups in total. The summed E-state index contributed by atoms with van der Waals surface area (Å²) in [6.45, 7) is 1.74. The Bertz CT molecular complexity index is 705. The van der Waals surface area contributed by atoms with Gasteiger partial charge < -0.3 is 11.1 Å². The number of halogens is 1. The minimum Gasteiger partial charge on any atom is -0.375 e. The third-order valence-electron chi connectivity index (χ3n) is 2.72. The van der Waals surface area contributed by atoms with Gasteiger partial charge >= 0.3 is 0 Å². The summed E-state index contributed by atoms with van der Waals surface area (Å²) < 4.78 is 2.30. The fourth-order valence-electron chi connectivity index (χ4n) is 1.87. The number of hydrogen-bond donors (Lipinski definition) is 2. The summed E-state index contributed by atoms with van der Waals surface area (Å²) in [6, 6.07) is 8.42. The van der Waals surface area contributed by atoms with E-state index >= 15 is 0 Å². The van der Waals surface area contributed by atoms with Gasteiger partial charge in [0.25, 0.3) is 0 Å². The quantitative estimate of drug-likeness (QED) is 0.745. The van der Waals surface area contributed by atoms with Gasteiger partial charge in [-0.25, -0.2) is 4.98 Å². The molecule has 0 aliphatic carbocycles. The Morgan fingerprint density at radius 2 is 2.16 bits per heavy atom. The maximum atomic E-state index is 5.71. The third-order valence-corrected chi connectivity index (χ3v) is 5.26. The van der Waals surface area contributed by atoms with E-state index in [4.69, 9.17) is 5.73 Å². The van der Waals surface area contributed by atoms with Crippen molar-refractivity contribution in [3.63, 3.8) is 0 Å². The first-order valence-corrected chi connectivity index (χ1v) is 8.28. The number of thiazole rings is 1. The summed E-state index contributed by atoms with van der Waals surface area (Å²) in [7, 11) is 0. The highest BCUT2D eigenvalue weighted by molar-refractivity contribution is 9.10. The van der Waals surface area contributed by atoms with Gasteiger partial charge in [-0.05, 0) is 39.7 Å². The zero-order valence-electron chi connectivity index (χ0n) is 10.0. The van der Waals surface area contributed by atoms with Crippen LogP contribution in [0, 0.1) is 0 Å². The molecular weight excluding hydrogens is 342 g/mol. The number of nitrogens with zero attached hydrogens (tertiary/aromatic N) is 1. The van der Waals surface area contributed by atoms with E-state index in [0.717, 1.165) is 27.8 Å². The topological polar surface area (TPSA) is 50.9 Å². The second-order valence-corrected chi connectivity index (χ2v) is 7.16. The zero-order chi connectivity index (χ0) is 13.2. The van der Waals surface area contributed by atoms with Gasteiger partial charge in [0.1, 0.15) is 0 Å². The monoisotopic (exact) mass is 353 g/mol. The van der Waals surface area contributed by atoms with Crippen molar-refractivity contribution >= 4 is 54.0 Å². The van der Waals surface area contributed by atoms with Crippen LogP contribution in [0.5, 0.6) is 0 Å². The molecule has 2 aromatic heterocycles. The lowest BCUT2D eigenvalue weighted by Gasteiger charge is -2.03. The van der Waals surface area contributed by atoms with Crippen molar-refractivity contribution in [2.45, 2.75) is 13.1 Å². The molecule has 0 amide bonds. The van der Waals surface area contributed by atoms with Gasteiger partial charge in [0, 0.05) is 27.8 Å². The van der Waals surface area contributed by atoms with Crippen molar-refractivity contribution in [1.29, 1.82) is 0 Å². The largest absolute Gasteiger partial charge is 0.375 e. The van der Waals surface area contributed by atoms with E-state index in [9.17, 15) is 0 Å². The van der Waals surface area contributed by atoms with Crippen LogP contribution in [0.2, 0.25) is 0 Å². The number of aromatic nitrogens is 1. The lowest BCUT2D eigenvalue weighted by atomic mass is 10.2. The van der Waals surface area contributed by atoms with Crippen LogP contribution in [0.4, 0.5) is 5.13 Å². The smallest absolute Gasteiger partial charge is 0.181 e. The van der Waals surface area contributed by atoms with Crippen LogP contribution >= 0.6 is 38.6 Å². The van der Waals surface area contributed by atoms with Crippen LogP contribution in [0.25, 0.3) is 10.2 Å². The predicted molar refractivity (Wildman–Crippen MR) is 86.6 cm³/mol. The van der Waals surface area contributed by atoms with Crippen molar-refractivity contribution in [2.75, 3.05) is 5.73 Å². The Balaban J connectivity index is 1.64. The minimum atomic E-state index is 0.628. The van der Waals surface area contributed by atoms with Crippen LogP contribution in [0.15, 0.2) is 34.1 Å². The molecule has 3 aromatic rings. The molecule has 3 rings (SSSR count). The molecule has 3 nitrogen and oxygen atoms in total. The number of hydrogen-bond acceptors (Lipinski definition) is 5. The Morgan fingerprint density at radius 3 is 2.95 bits per heavy atom. The summed E-state index contributed by atoms with van der Waals surface area (Å²) in [5.41, 5.74) is 7.94. The number of benzene rings is 1. The predicted octanol–water partition coefficient (Wildman–Crippen LogP) is 3.99. The second-order valence-electron chi connectivity index (χ2n) is 4.19. The van der Waals surface area contributed by atoms with Crippen LogP contribution in [-0.2, 0) is 13.1 Å². The first kappa shape index (κ1) is 13.1. The number of thiophene rings is 1. The molecule has 6 heteroatoms. The number of nitrogen functional groups attached to an aromatic ring is 1. The number of rotatable bonds is 4. The Hall–Kier alpha value is -0.950. The molecule has 0 atom stereocenters. The molecule has 19 heavy (non-hydrogen) atoms. The number of anilines is 1. The second kappa shape index (κ2) is 5.58. The molecule has 0 radical (unpaired) electrons. The van der Waals surface area contributed by atoms with Gasteiger partial charge in [0.05, 0.1) is 10.2 Å². The summed E-state index contributed by atoms with van der Waals surface area (Å²) >= 11 is 6.75. The highest BCUT2D eigenvalue weighted by Crippen LogP contribution is 2.24. The zero-order valence-corrected chi connectivity index (χ0v) is 13.2. The SMILES string of the molecule is Nc1nc2ccc(CNCc3cc(Br)cs3)cc2s1. The lowest BCUT2D eigenvalue weighted by Crippen LogP contribution is -2.11. The molecule has 0 saturated carbocycles. The third kappa shape index (κ3) is 3.14. The number of fused-ring (bicyclic) bond motifs is 1. The van der Waals surface area contributed by atoms with E-state index in [1.54, 1.807) is 11.3 Å². The van der Waals surface area contributed by atoms with E-state index in [1.807, 2.05) is 6.07 Å². The van der Waals surface area contributed by atoms with E-state index in [-0.39, 0.29) is 0 Å².